The van der Waals surface area contributed by atoms with Gasteiger partial charge in [-0.15, -0.1) is 0 Å². The topological polar surface area (TPSA) is 105 Å². The van der Waals surface area contributed by atoms with Crippen LogP contribution < -0.4 is 15.0 Å². The lowest BCUT2D eigenvalue weighted by molar-refractivity contribution is -0.133. The van der Waals surface area contributed by atoms with Gasteiger partial charge in [-0.3, -0.25) is 19.2 Å². The average molecular weight is 389 g/mol. The summed E-state index contributed by atoms with van der Waals surface area (Å²) in [6, 6.07) is 6.81. The first kappa shape index (κ1) is 19.1. The maximum atomic E-state index is 12.8. The van der Waals surface area contributed by atoms with Crippen molar-refractivity contribution in [1.29, 1.82) is 0 Å². The summed E-state index contributed by atoms with van der Waals surface area (Å²) in [7, 11) is 0. The number of amidine groups is 1. The molecule has 1 aromatic carbocycles. The van der Waals surface area contributed by atoms with Gasteiger partial charge in [-0.1, -0.05) is 30.8 Å². The third kappa shape index (κ3) is 3.73. The molecule has 3 rings (SSSR count). The van der Waals surface area contributed by atoms with Gasteiger partial charge >= 0.3 is 0 Å². The van der Waals surface area contributed by atoms with Crippen molar-refractivity contribution >= 4 is 46.2 Å². The molecular weight excluding hydrogens is 370 g/mol. The number of benzene rings is 1. The Hall–Kier alpha value is -2.68. The number of anilines is 1. The normalized spacial score (nSPS) is 22.7. The van der Waals surface area contributed by atoms with Crippen molar-refractivity contribution in [2.24, 2.45) is 10.9 Å². The Kier molecular flexibility index (Phi) is 5.59. The standard InChI is InChI=1S/C18H19N3O5S/c1-3-10-15(23)19-18(20-16(10)24)27-13-9-14(22)21(17(13)25)11-7-5-6-8-12(11)26-4-2/h5-8,10,13H,3-4,9H2,1-2H3,(H,19,20,23,24). The molecule has 8 nitrogen and oxygen atoms in total. The minimum atomic E-state index is -0.801. The van der Waals surface area contributed by atoms with Crippen LogP contribution in [-0.4, -0.2) is 40.7 Å². The maximum Gasteiger partial charge on any atom is 0.260 e. The zero-order valence-corrected chi connectivity index (χ0v) is 15.7. The Bertz CT molecular complexity index is 838. The van der Waals surface area contributed by atoms with Crippen LogP contribution in [0.1, 0.15) is 26.7 Å². The van der Waals surface area contributed by atoms with Crippen molar-refractivity contribution in [3.05, 3.63) is 24.3 Å². The van der Waals surface area contributed by atoms with Crippen LogP contribution in [0.25, 0.3) is 0 Å². The SMILES string of the molecule is CCOc1ccccc1N1C(=O)CC(SC2=NC(=O)C(CC)C(=O)N2)C1=O. The smallest absolute Gasteiger partial charge is 0.260 e. The first-order valence-electron chi connectivity index (χ1n) is 8.64. The van der Waals surface area contributed by atoms with Crippen molar-refractivity contribution in [3.63, 3.8) is 0 Å². The molecule has 2 aliphatic heterocycles. The van der Waals surface area contributed by atoms with Gasteiger partial charge in [0.1, 0.15) is 16.9 Å². The summed E-state index contributed by atoms with van der Waals surface area (Å²) in [6.07, 6.45) is 0.305. The van der Waals surface area contributed by atoms with Crippen LogP contribution in [0, 0.1) is 5.92 Å². The van der Waals surface area contributed by atoms with Crippen LogP contribution in [0.3, 0.4) is 0 Å². The van der Waals surface area contributed by atoms with E-state index in [0.717, 1.165) is 16.7 Å². The number of ether oxygens (including phenoxy) is 1. The van der Waals surface area contributed by atoms with E-state index in [1.54, 1.807) is 31.2 Å². The van der Waals surface area contributed by atoms with Gasteiger partial charge in [-0.05, 0) is 25.5 Å². The molecule has 2 heterocycles. The first-order valence-corrected chi connectivity index (χ1v) is 9.52. The maximum absolute atomic E-state index is 12.8. The summed E-state index contributed by atoms with van der Waals surface area (Å²) in [5.41, 5.74) is 0.384. The van der Waals surface area contributed by atoms with Crippen LogP contribution in [0.5, 0.6) is 5.75 Å². The fourth-order valence-corrected chi connectivity index (χ4v) is 3.93. The van der Waals surface area contributed by atoms with E-state index in [2.05, 4.69) is 10.3 Å². The van der Waals surface area contributed by atoms with Crippen LogP contribution in [0.2, 0.25) is 0 Å². The van der Waals surface area contributed by atoms with Gasteiger partial charge in [0.25, 0.3) is 5.91 Å². The Balaban J connectivity index is 1.79. The number of aliphatic imine (C=N–C) groups is 1. The Labute approximate surface area is 160 Å². The van der Waals surface area contributed by atoms with E-state index in [1.165, 1.54) is 0 Å². The molecule has 0 bridgehead atoms. The predicted molar refractivity (Wildman–Crippen MR) is 100 cm³/mol. The van der Waals surface area contributed by atoms with Gasteiger partial charge in [-0.2, -0.15) is 4.99 Å². The summed E-state index contributed by atoms with van der Waals surface area (Å²) in [4.78, 5) is 54.1. The quantitative estimate of drug-likeness (QED) is 0.604. The van der Waals surface area contributed by atoms with E-state index in [1.807, 2.05) is 6.92 Å². The fourth-order valence-electron chi connectivity index (χ4n) is 2.93. The molecule has 2 atom stereocenters. The molecule has 9 heteroatoms. The first-order chi connectivity index (χ1) is 13.0. The van der Waals surface area contributed by atoms with Gasteiger partial charge in [0.15, 0.2) is 5.17 Å². The highest BCUT2D eigenvalue weighted by molar-refractivity contribution is 8.15. The highest BCUT2D eigenvalue weighted by atomic mass is 32.2. The van der Waals surface area contributed by atoms with E-state index in [4.69, 9.17) is 4.74 Å². The van der Waals surface area contributed by atoms with Gasteiger partial charge in [0.2, 0.25) is 17.7 Å². The van der Waals surface area contributed by atoms with E-state index in [9.17, 15) is 19.2 Å². The number of para-hydroxylation sites is 2. The number of hydrogen-bond acceptors (Lipinski definition) is 6. The molecule has 0 radical (unpaired) electrons. The molecule has 1 saturated heterocycles. The van der Waals surface area contributed by atoms with Crippen LogP contribution in [-0.2, 0) is 19.2 Å². The van der Waals surface area contributed by atoms with E-state index >= 15 is 0 Å². The van der Waals surface area contributed by atoms with Gasteiger partial charge in [0, 0.05) is 6.42 Å². The molecule has 4 amide bonds. The molecule has 0 aromatic heterocycles. The number of carbonyl (C=O) groups is 4. The van der Waals surface area contributed by atoms with Crippen molar-refractivity contribution in [2.45, 2.75) is 31.9 Å². The third-order valence-electron chi connectivity index (χ3n) is 4.23. The summed E-state index contributed by atoms with van der Waals surface area (Å²) in [6.45, 7) is 3.94. The zero-order chi connectivity index (χ0) is 19.6. The number of amides is 4. The Morgan fingerprint density at radius 2 is 1.96 bits per heavy atom. The average Bonchev–Trinajstić information content (AvgIpc) is 2.89. The summed E-state index contributed by atoms with van der Waals surface area (Å²) >= 11 is 0.922. The number of thioether (sulfide) groups is 1. The third-order valence-corrected chi connectivity index (χ3v) is 5.30. The second-order valence-corrected chi connectivity index (χ2v) is 7.18. The van der Waals surface area contributed by atoms with E-state index < -0.39 is 28.9 Å². The molecule has 1 aromatic rings. The molecule has 142 valence electrons. The van der Waals surface area contributed by atoms with Crippen LogP contribution in [0.4, 0.5) is 5.69 Å². The molecule has 0 spiro atoms. The number of hydrogen-bond donors (Lipinski definition) is 1. The number of nitrogens with one attached hydrogen (secondary N) is 1. The Morgan fingerprint density at radius 3 is 2.63 bits per heavy atom. The summed E-state index contributed by atoms with van der Waals surface area (Å²) < 4.78 is 5.51. The number of nitrogens with zero attached hydrogens (tertiary/aromatic N) is 2. The molecule has 1 fully saturated rings. The van der Waals surface area contributed by atoms with E-state index in [-0.39, 0.29) is 17.5 Å². The lowest BCUT2D eigenvalue weighted by Crippen LogP contribution is -2.43. The second-order valence-electron chi connectivity index (χ2n) is 5.98. The second kappa shape index (κ2) is 7.91. The largest absolute Gasteiger partial charge is 0.492 e. The zero-order valence-electron chi connectivity index (χ0n) is 14.9. The molecular formula is C18H19N3O5S. The highest BCUT2D eigenvalue weighted by Gasteiger charge is 2.43. The van der Waals surface area contributed by atoms with Crippen molar-refractivity contribution < 1.29 is 23.9 Å². The van der Waals surface area contributed by atoms with Gasteiger partial charge in [-0.25, -0.2) is 4.90 Å². The molecule has 1 N–H and O–H groups in total. The van der Waals surface area contributed by atoms with Crippen molar-refractivity contribution in [1.82, 2.24) is 5.32 Å². The number of carbonyl (C=O) groups excluding carboxylic acids is 4. The predicted octanol–water partition coefficient (Wildman–Crippen LogP) is 1.49. The molecule has 0 saturated carbocycles. The number of rotatable bonds is 5. The van der Waals surface area contributed by atoms with E-state index in [0.29, 0.717) is 24.5 Å². The molecule has 2 aliphatic rings. The van der Waals surface area contributed by atoms with Crippen molar-refractivity contribution in [3.8, 4) is 5.75 Å². The minimum Gasteiger partial charge on any atom is -0.492 e. The minimum absolute atomic E-state index is 0.0513. The van der Waals surface area contributed by atoms with Gasteiger partial charge < -0.3 is 10.1 Å². The summed E-state index contributed by atoms with van der Waals surface area (Å²) in [5.74, 6) is -2.12. The molecule has 27 heavy (non-hydrogen) atoms. The molecule has 0 aliphatic carbocycles. The highest BCUT2D eigenvalue weighted by Crippen LogP contribution is 2.35. The summed E-state index contributed by atoms with van der Waals surface area (Å²) in [5, 5.41) is 1.83. The fraction of sp³-hybridized carbons (Fsp3) is 0.389. The lowest BCUT2D eigenvalue weighted by atomic mass is 10.0. The molecule has 2 unspecified atom stereocenters. The monoisotopic (exact) mass is 389 g/mol. The number of imide groups is 1. The van der Waals surface area contributed by atoms with Crippen LogP contribution in [0.15, 0.2) is 29.3 Å². The van der Waals surface area contributed by atoms with Crippen molar-refractivity contribution in [2.75, 3.05) is 11.5 Å². The van der Waals surface area contributed by atoms with Gasteiger partial charge in [0.05, 0.1) is 12.3 Å². The lowest BCUT2D eigenvalue weighted by Gasteiger charge is -2.20. The van der Waals surface area contributed by atoms with Crippen LogP contribution >= 0.6 is 11.8 Å². The Morgan fingerprint density at radius 1 is 1.22 bits per heavy atom.